The molecule has 5 heteroatoms. The van der Waals surface area contributed by atoms with Gasteiger partial charge in [-0.1, -0.05) is 30.3 Å². The van der Waals surface area contributed by atoms with Crippen LogP contribution < -0.4 is 0 Å². The van der Waals surface area contributed by atoms with Crippen molar-refractivity contribution in [3.8, 4) is 0 Å². The molecule has 0 aromatic heterocycles. The van der Waals surface area contributed by atoms with Crippen LogP contribution in [0.2, 0.25) is 0 Å². The first kappa shape index (κ1) is 13.7. The lowest BCUT2D eigenvalue weighted by Crippen LogP contribution is -2.60. The maximum absolute atomic E-state index is 10.2. The van der Waals surface area contributed by atoms with Crippen LogP contribution in [-0.2, 0) is 14.2 Å². The van der Waals surface area contributed by atoms with E-state index in [1.165, 1.54) is 5.56 Å². The number of piperidine rings is 1. The minimum absolute atomic E-state index is 0.0733. The van der Waals surface area contributed by atoms with E-state index in [0.29, 0.717) is 26.2 Å². The Hall–Kier alpha value is -0.980. The molecule has 3 heterocycles. The minimum Gasteiger partial charge on any atom is -0.367 e. The fourth-order valence-electron chi connectivity index (χ4n) is 3.77. The fraction of sp³-hybridized carbons (Fsp3) is 0.625. The first-order valence-electron chi connectivity index (χ1n) is 7.66. The molecule has 3 aliphatic heterocycles. The van der Waals surface area contributed by atoms with E-state index < -0.39 is 12.1 Å². The van der Waals surface area contributed by atoms with Crippen molar-refractivity contribution >= 4 is 0 Å². The van der Waals surface area contributed by atoms with Crippen LogP contribution in [0, 0.1) is 0 Å². The number of hydrogen-bond donors (Lipinski definition) is 1. The Morgan fingerprint density at radius 3 is 2.67 bits per heavy atom. The van der Waals surface area contributed by atoms with Crippen LogP contribution >= 0.6 is 0 Å². The molecule has 3 fully saturated rings. The number of aliphatic hydroxyl groups is 1. The molecular weight excluding hydrogens is 270 g/mol. The minimum atomic E-state index is -0.769. The maximum atomic E-state index is 10.2. The molecular formula is C16H21NO4. The van der Waals surface area contributed by atoms with Crippen LogP contribution in [0.5, 0.6) is 0 Å². The molecule has 4 rings (SSSR count). The average molecular weight is 291 g/mol. The Balaban J connectivity index is 1.58. The van der Waals surface area contributed by atoms with Crippen molar-refractivity contribution in [2.24, 2.45) is 0 Å². The molecule has 114 valence electrons. The van der Waals surface area contributed by atoms with Gasteiger partial charge in [0.1, 0.15) is 0 Å². The molecule has 1 N–H and O–H groups in total. The lowest BCUT2D eigenvalue weighted by molar-refractivity contribution is -0.264. The largest absolute Gasteiger partial charge is 0.367 e. The van der Waals surface area contributed by atoms with Crippen molar-refractivity contribution in [3.63, 3.8) is 0 Å². The summed E-state index contributed by atoms with van der Waals surface area (Å²) in [6.07, 6.45) is 0.742. The molecule has 1 aromatic carbocycles. The van der Waals surface area contributed by atoms with E-state index in [2.05, 4.69) is 17.0 Å². The van der Waals surface area contributed by atoms with E-state index in [1.54, 1.807) is 0 Å². The molecule has 0 radical (unpaired) electrons. The van der Waals surface area contributed by atoms with Gasteiger partial charge < -0.3 is 19.3 Å². The van der Waals surface area contributed by atoms with Crippen LogP contribution in [-0.4, -0.2) is 54.5 Å². The lowest BCUT2D eigenvalue weighted by atomic mass is 9.90. The second-order valence-electron chi connectivity index (χ2n) is 6.02. The number of benzene rings is 1. The smallest absolute Gasteiger partial charge is 0.171 e. The summed E-state index contributed by atoms with van der Waals surface area (Å²) < 4.78 is 17.2. The highest BCUT2D eigenvalue weighted by Gasteiger charge is 2.50. The van der Waals surface area contributed by atoms with E-state index in [9.17, 15) is 5.11 Å². The third-order valence-electron chi connectivity index (χ3n) is 4.85. The molecule has 0 amide bonds. The zero-order valence-electron chi connectivity index (χ0n) is 12.0. The van der Waals surface area contributed by atoms with Crippen molar-refractivity contribution in [2.75, 3.05) is 26.4 Å². The Kier molecular flexibility index (Phi) is 3.47. The molecule has 21 heavy (non-hydrogen) atoms. The normalized spacial score (nSPS) is 35.8. The second kappa shape index (κ2) is 5.34. The summed E-state index contributed by atoms with van der Waals surface area (Å²) in [5.41, 5.74) is 1.23. The molecule has 1 spiro atoms. The van der Waals surface area contributed by atoms with Crippen LogP contribution in [0.4, 0.5) is 0 Å². The monoisotopic (exact) mass is 291 g/mol. The lowest BCUT2D eigenvalue weighted by Gasteiger charge is -2.51. The zero-order chi connectivity index (χ0) is 14.3. The number of nitrogens with zero attached hydrogens (tertiary/aromatic N) is 1. The van der Waals surface area contributed by atoms with Crippen molar-refractivity contribution in [1.82, 2.24) is 4.90 Å². The average Bonchev–Trinajstić information content (AvgIpc) is 2.97. The van der Waals surface area contributed by atoms with Crippen molar-refractivity contribution < 1.29 is 19.3 Å². The summed E-state index contributed by atoms with van der Waals surface area (Å²) in [5, 5.41) is 10.2. The Morgan fingerprint density at radius 2 is 1.90 bits per heavy atom. The molecule has 0 aliphatic carbocycles. The van der Waals surface area contributed by atoms with Gasteiger partial charge in [0.15, 0.2) is 12.1 Å². The highest BCUT2D eigenvalue weighted by molar-refractivity contribution is 5.20. The number of morpholine rings is 1. The van der Waals surface area contributed by atoms with Crippen LogP contribution in [0.25, 0.3) is 0 Å². The fourth-order valence-corrected chi connectivity index (χ4v) is 3.77. The van der Waals surface area contributed by atoms with Crippen molar-refractivity contribution in [1.29, 1.82) is 0 Å². The molecule has 3 aliphatic rings. The second-order valence-corrected chi connectivity index (χ2v) is 6.02. The third-order valence-corrected chi connectivity index (χ3v) is 4.85. The Bertz CT molecular complexity index is 488. The number of aliphatic hydroxyl groups excluding tert-OH is 1. The van der Waals surface area contributed by atoms with E-state index in [1.807, 2.05) is 18.2 Å². The quantitative estimate of drug-likeness (QED) is 0.845. The molecule has 0 saturated carbocycles. The van der Waals surface area contributed by atoms with Gasteiger partial charge in [-0.2, -0.15) is 0 Å². The molecule has 3 saturated heterocycles. The van der Waals surface area contributed by atoms with E-state index in [-0.39, 0.29) is 12.1 Å². The standard InChI is InChI=1S/C16H21NO4/c18-15-13-10-16(20-8-9-21-16)6-7-17(13)14(11-19-15)12-4-2-1-3-5-12/h1-5,13-15,18H,6-11H2/t13-,14+,15?/m0/s1. The van der Waals surface area contributed by atoms with Gasteiger partial charge in [0, 0.05) is 19.4 Å². The third kappa shape index (κ3) is 2.39. The summed E-state index contributed by atoms with van der Waals surface area (Å²) in [5.74, 6) is -0.510. The SMILES string of the molecule is OC1OC[C@H](c2ccccc2)N2CCC3(C[C@@H]12)OCCO3. The Labute approximate surface area is 124 Å². The summed E-state index contributed by atoms with van der Waals surface area (Å²) >= 11 is 0. The zero-order valence-corrected chi connectivity index (χ0v) is 12.0. The molecule has 5 nitrogen and oxygen atoms in total. The number of rotatable bonds is 1. The maximum Gasteiger partial charge on any atom is 0.171 e. The topological polar surface area (TPSA) is 51.2 Å². The summed E-state index contributed by atoms with van der Waals surface area (Å²) in [4.78, 5) is 2.35. The Morgan fingerprint density at radius 1 is 1.14 bits per heavy atom. The van der Waals surface area contributed by atoms with Gasteiger partial charge in [-0.05, 0) is 5.56 Å². The molecule has 1 unspecified atom stereocenters. The van der Waals surface area contributed by atoms with Gasteiger partial charge in [0.25, 0.3) is 0 Å². The summed E-state index contributed by atoms with van der Waals surface area (Å²) in [7, 11) is 0. The number of fused-ring (bicyclic) bond motifs is 1. The first-order chi connectivity index (χ1) is 10.3. The number of ether oxygens (including phenoxy) is 3. The van der Waals surface area contributed by atoms with Crippen molar-refractivity contribution in [2.45, 2.75) is 37.0 Å². The van der Waals surface area contributed by atoms with E-state index in [0.717, 1.165) is 13.0 Å². The highest BCUT2D eigenvalue weighted by Crippen LogP contribution is 2.41. The van der Waals surface area contributed by atoms with Gasteiger partial charge in [0.05, 0.1) is 31.9 Å². The van der Waals surface area contributed by atoms with Gasteiger partial charge in [-0.15, -0.1) is 0 Å². The van der Waals surface area contributed by atoms with Crippen LogP contribution in [0.15, 0.2) is 30.3 Å². The number of hydrogen-bond acceptors (Lipinski definition) is 5. The predicted molar refractivity (Wildman–Crippen MR) is 75.5 cm³/mol. The van der Waals surface area contributed by atoms with Gasteiger partial charge in [0.2, 0.25) is 0 Å². The highest BCUT2D eigenvalue weighted by atomic mass is 16.7. The summed E-state index contributed by atoms with van der Waals surface area (Å²) in [6, 6.07) is 10.5. The van der Waals surface area contributed by atoms with E-state index in [4.69, 9.17) is 14.2 Å². The van der Waals surface area contributed by atoms with Crippen molar-refractivity contribution in [3.05, 3.63) is 35.9 Å². The van der Waals surface area contributed by atoms with E-state index >= 15 is 0 Å². The van der Waals surface area contributed by atoms with Gasteiger partial charge in [-0.25, -0.2) is 0 Å². The molecule has 1 aromatic rings. The van der Waals surface area contributed by atoms with Crippen LogP contribution in [0.3, 0.4) is 0 Å². The first-order valence-corrected chi connectivity index (χ1v) is 7.66. The molecule has 0 bridgehead atoms. The van der Waals surface area contributed by atoms with Gasteiger partial charge >= 0.3 is 0 Å². The van der Waals surface area contributed by atoms with Crippen LogP contribution in [0.1, 0.15) is 24.4 Å². The molecule has 3 atom stereocenters. The predicted octanol–water partition coefficient (Wildman–Crippen LogP) is 1.28. The summed E-state index contributed by atoms with van der Waals surface area (Å²) in [6.45, 7) is 2.67. The van der Waals surface area contributed by atoms with Gasteiger partial charge in [-0.3, -0.25) is 4.90 Å².